The molecule has 0 aromatic heterocycles. The Morgan fingerprint density at radius 1 is 0.963 bits per heavy atom. The van der Waals surface area contributed by atoms with E-state index in [-0.39, 0.29) is 17.2 Å². The SMILES string of the molecule is CC(C)C(NC(=O)c1ccccc1F)C(=O)Nc1ccc(C(F)(F)F)cc1. The van der Waals surface area contributed by atoms with Crippen molar-refractivity contribution in [1.29, 1.82) is 0 Å². The second kappa shape index (κ2) is 8.20. The molecule has 0 fully saturated rings. The number of halogens is 4. The molecule has 0 bridgehead atoms. The molecule has 0 spiro atoms. The summed E-state index contributed by atoms with van der Waals surface area (Å²) in [6.07, 6.45) is -4.48. The molecule has 4 nitrogen and oxygen atoms in total. The van der Waals surface area contributed by atoms with Gasteiger partial charge in [0.05, 0.1) is 11.1 Å². The number of nitrogens with one attached hydrogen (secondary N) is 2. The largest absolute Gasteiger partial charge is 0.416 e. The molecule has 0 saturated heterocycles. The molecular formula is C19H18F4N2O2. The van der Waals surface area contributed by atoms with Crippen LogP contribution in [0.3, 0.4) is 0 Å². The van der Waals surface area contributed by atoms with E-state index < -0.39 is 35.4 Å². The lowest BCUT2D eigenvalue weighted by molar-refractivity contribution is -0.137. The van der Waals surface area contributed by atoms with Crippen LogP contribution in [0.5, 0.6) is 0 Å². The molecule has 0 aliphatic carbocycles. The van der Waals surface area contributed by atoms with E-state index in [0.717, 1.165) is 30.3 Å². The molecule has 1 atom stereocenters. The third-order valence-corrected chi connectivity index (χ3v) is 3.83. The Hall–Kier alpha value is -2.90. The van der Waals surface area contributed by atoms with Crippen molar-refractivity contribution in [3.63, 3.8) is 0 Å². The van der Waals surface area contributed by atoms with Gasteiger partial charge in [-0.1, -0.05) is 26.0 Å². The molecule has 0 aliphatic rings. The Morgan fingerprint density at radius 2 is 1.56 bits per heavy atom. The Bertz CT molecular complexity index is 817. The summed E-state index contributed by atoms with van der Waals surface area (Å²) in [7, 11) is 0. The fourth-order valence-electron chi connectivity index (χ4n) is 2.36. The molecule has 1 unspecified atom stereocenters. The Kier molecular flexibility index (Phi) is 6.20. The van der Waals surface area contributed by atoms with Gasteiger partial charge in [0.25, 0.3) is 5.91 Å². The van der Waals surface area contributed by atoms with Crippen LogP contribution in [0.4, 0.5) is 23.2 Å². The van der Waals surface area contributed by atoms with Crippen molar-refractivity contribution < 1.29 is 27.2 Å². The predicted octanol–water partition coefficient (Wildman–Crippen LogP) is 4.24. The van der Waals surface area contributed by atoms with Gasteiger partial charge in [-0.3, -0.25) is 9.59 Å². The van der Waals surface area contributed by atoms with Crippen LogP contribution in [0, 0.1) is 11.7 Å². The van der Waals surface area contributed by atoms with Crippen molar-refractivity contribution in [3.05, 3.63) is 65.5 Å². The average Bonchev–Trinajstić information content (AvgIpc) is 2.59. The second-order valence-corrected chi connectivity index (χ2v) is 6.24. The highest BCUT2D eigenvalue weighted by Crippen LogP contribution is 2.29. The minimum absolute atomic E-state index is 0.152. The van der Waals surface area contributed by atoms with Gasteiger partial charge < -0.3 is 10.6 Å². The summed E-state index contributed by atoms with van der Waals surface area (Å²) in [4.78, 5) is 24.7. The van der Waals surface area contributed by atoms with E-state index in [1.807, 2.05) is 0 Å². The summed E-state index contributed by atoms with van der Waals surface area (Å²) in [5, 5.41) is 4.92. The summed E-state index contributed by atoms with van der Waals surface area (Å²) in [6.45, 7) is 3.36. The van der Waals surface area contributed by atoms with Crippen LogP contribution < -0.4 is 10.6 Å². The van der Waals surface area contributed by atoms with Crippen molar-refractivity contribution in [3.8, 4) is 0 Å². The van der Waals surface area contributed by atoms with Gasteiger partial charge in [-0.2, -0.15) is 13.2 Å². The van der Waals surface area contributed by atoms with Gasteiger partial charge in [0.1, 0.15) is 11.9 Å². The second-order valence-electron chi connectivity index (χ2n) is 6.24. The molecule has 144 valence electrons. The number of benzene rings is 2. The van der Waals surface area contributed by atoms with E-state index in [4.69, 9.17) is 0 Å². The van der Waals surface area contributed by atoms with Crippen LogP contribution in [-0.4, -0.2) is 17.9 Å². The molecule has 27 heavy (non-hydrogen) atoms. The van der Waals surface area contributed by atoms with Crippen LogP contribution in [0.25, 0.3) is 0 Å². The summed E-state index contributed by atoms with van der Waals surface area (Å²) >= 11 is 0. The minimum Gasteiger partial charge on any atom is -0.340 e. The maximum Gasteiger partial charge on any atom is 0.416 e. The smallest absolute Gasteiger partial charge is 0.340 e. The van der Waals surface area contributed by atoms with E-state index in [1.54, 1.807) is 13.8 Å². The average molecular weight is 382 g/mol. The number of hydrogen-bond acceptors (Lipinski definition) is 2. The van der Waals surface area contributed by atoms with Crippen molar-refractivity contribution in [1.82, 2.24) is 5.32 Å². The number of alkyl halides is 3. The number of amides is 2. The highest BCUT2D eigenvalue weighted by molar-refractivity contribution is 6.01. The lowest BCUT2D eigenvalue weighted by Gasteiger charge is -2.22. The maximum atomic E-state index is 13.7. The third-order valence-electron chi connectivity index (χ3n) is 3.83. The van der Waals surface area contributed by atoms with Crippen LogP contribution in [-0.2, 0) is 11.0 Å². The summed E-state index contributed by atoms with van der Waals surface area (Å²) < 4.78 is 51.5. The number of rotatable bonds is 5. The van der Waals surface area contributed by atoms with Crippen LogP contribution in [0.2, 0.25) is 0 Å². The summed E-state index contributed by atoms with van der Waals surface area (Å²) in [6, 6.07) is 8.27. The number of carbonyl (C=O) groups excluding carboxylic acids is 2. The molecule has 2 aromatic rings. The molecular weight excluding hydrogens is 364 g/mol. The van der Waals surface area contributed by atoms with E-state index in [1.165, 1.54) is 18.2 Å². The van der Waals surface area contributed by atoms with E-state index in [0.29, 0.717) is 0 Å². The zero-order chi connectivity index (χ0) is 20.2. The molecule has 0 saturated carbocycles. The first-order valence-corrected chi connectivity index (χ1v) is 8.13. The molecule has 2 rings (SSSR count). The zero-order valence-corrected chi connectivity index (χ0v) is 14.6. The molecule has 0 heterocycles. The Morgan fingerprint density at radius 3 is 2.07 bits per heavy atom. The van der Waals surface area contributed by atoms with E-state index in [2.05, 4.69) is 10.6 Å². The fourth-order valence-corrected chi connectivity index (χ4v) is 2.36. The first-order valence-electron chi connectivity index (χ1n) is 8.13. The van der Waals surface area contributed by atoms with Crippen LogP contribution >= 0.6 is 0 Å². The third kappa shape index (κ3) is 5.29. The monoisotopic (exact) mass is 382 g/mol. The van der Waals surface area contributed by atoms with Crippen LogP contribution in [0.15, 0.2) is 48.5 Å². The number of anilines is 1. The molecule has 8 heteroatoms. The standard InChI is InChI=1S/C19H18F4N2O2/c1-11(2)16(25-17(26)14-5-3-4-6-15(14)20)18(27)24-13-9-7-12(8-10-13)19(21,22)23/h3-11,16H,1-2H3,(H,24,27)(H,25,26). The number of hydrogen-bond donors (Lipinski definition) is 2. The van der Waals surface area contributed by atoms with Gasteiger partial charge in [0, 0.05) is 5.69 Å². The molecule has 2 N–H and O–H groups in total. The first-order chi connectivity index (χ1) is 12.6. The lowest BCUT2D eigenvalue weighted by Crippen LogP contribution is -2.47. The zero-order valence-electron chi connectivity index (χ0n) is 14.6. The van der Waals surface area contributed by atoms with Gasteiger partial charge >= 0.3 is 6.18 Å². The summed E-state index contributed by atoms with van der Waals surface area (Å²) in [5.74, 6) is -2.43. The highest BCUT2D eigenvalue weighted by Gasteiger charge is 2.30. The van der Waals surface area contributed by atoms with E-state index >= 15 is 0 Å². The van der Waals surface area contributed by atoms with Crippen molar-refractivity contribution >= 4 is 17.5 Å². The van der Waals surface area contributed by atoms with Gasteiger partial charge in [-0.25, -0.2) is 4.39 Å². The van der Waals surface area contributed by atoms with Crippen molar-refractivity contribution in [2.75, 3.05) is 5.32 Å². The highest BCUT2D eigenvalue weighted by atomic mass is 19.4. The normalized spacial score (nSPS) is 12.6. The Balaban J connectivity index is 2.11. The summed E-state index contributed by atoms with van der Waals surface area (Å²) in [5.41, 5.74) is -0.891. The molecule has 0 radical (unpaired) electrons. The van der Waals surface area contributed by atoms with Gasteiger partial charge in [-0.05, 0) is 42.3 Å². The molecule has 2 amide bonds. The molecule has 2 aromatic carbocycles. The van der Waals surface area contributed by atoms with Gasteiger partial charge in [0.15, 0.2) is 0 Å². The fraction of sp³-hybridized carbons (Fsp3) is 0.263. The van der Waals surface area contributed by atoms with E-state index in [9.17, 15) is 27.2 Å². The maximum absolute atomic E-state index is 13.7. The van der Waals surface area contributed by atoms with Gasteiger partial charge in [0.2, 0.25) is 5.91 Å². The lowest BCUT2D eigenvalue weighted by atomic mass is 10.0. The predicted molar refractivity (Wildman–Crippen MR) is 92.6 cm³/mol. The minimum atomic E-state index is -4.48. The quantitative estimate of drug-likeness (QED) is 0.760. The first kappa shape index (κ1) is 20.4. The topological polar surface area (TPSA) is 58.2 Å². The van der Waals surface area contributed by atoms with Gasteiger partial charge in [-0.15, -0.1) is 0 Å². The Labute approximate surface area is 153 Å². The number of carbonyl (C=O) groups is 2. The van der Waals surface area contributed by atoms with Crippen molar-refractivity contribution in [2.24, 2.45) is 5.92 Å². The van der Waals surface area contributed by atoms with Crippen LogP contribution in [0.1, 0.15) is 29.8 Å². The molecule has 0 aliphatic heterocycles. The van der Waals surface area contributed by atoms with Crippen molar-refractivity contribution in [2.45, 2.75) is 26.1 Å².